The zero-order valence-electron chi connectivity index (χ0n) is 11.4. The van der Waals surface area contributed by atoms with Crippen LogP contribution in [-0.2, 0) is 0 Å². The average molecular weight is 281 g/mol. The maximum Gasteiger partial charge on any atom is 0.216 e. The van der Waals surface area contributed by atoms with Crippen molar-refractivity contribution in [1.29, 1.82) is 0 Å². The van der Waals surface area contributed by atoms with Crippen LogP contribution in [0.2, 0.25) is 5.15 Å². The fourth-order valence-electron chi connectivity index (χ4n) is 1.84. The molecule has 0 fully saturated rings. The van der Waals surface area contributed by atoms with Crippen molar-refractivity contribution in [2.75, 3.05) is 5.32 Å². The molecule has 5 nitrogen and oxygen atoms in total. The summed E-state index contributed by atoms with van der Waals surface area (Å²) < 4.78 is 5.50. The Balaban J connectivity index is 2.26. The zero-order chi connectivity index (χ0) is 14.0. The number of aryl methyl sites for hydroxylation is 1. The van der Waals surface area contributed by atoms with Crippen LogP contribution >= 0.6 is 11.6 Å². The van der Waals surface area contributed by atoms with Gasteiger partial charge in [-0.1, -0.05) is 25.4 Å². The molecule has 2 heterocycles. The van der Waals surface area contributed by atoms with Gasteiger partial charge in [-0.3, -0.25) is 0 Å². The van der Waals surface area contributed by atoms with Crippen molar-refractivity contribution in [3.63, 3.8) is 0 Å². The molecule has 1 N–H and O–H groups in total. The fraction of sp³-hybridized carbons (Fsp3) is 0.462. The Hall–Kier alpha value is -1.62. The number of nitrogens with one attached hydrogen (secondary N) is 1. The first kappa shape index (κ1) is 13.8. The number of oxazole rings is 1. The summed E-state index contributed by atoms with van der Waals surface area (Å²) in [6, 6.07) is -0.0860. The molecule has 1 unspecified atom stereocenters. The third kappa shape index (κ3) is 3.04. The van der Waals surface area contributed by atoms with Crippen molar-refractivity contribution in [3.05, 3.63) is 34.9 Å². The molecule has 19 heavy (non-hydrogen) atoms. The molecular weight excluding hydrogens is 264 g/mol. The molecule has 0 spiro atoms. The molecule has 0 saturated carbocycles. The molecule has 2 rings (SSSR count). The van der Waals surface area contributed by atoms with Gasteiger partial charge in [0.1, 0.15) is 29.1 Å². The normalized spacial score (nSPS) is 12.7. The second-order valence-corrected chi connectivity index (χ2v) is 5.11. The largest absolute Gasteiger partial charge is 0.444 e. The third-order valence-electron chi connectivity index (χ3n) is 2.78. The Kier molecular flexibility index (Phi) is 4.04. The predicted octanol–water partition coefficient (Wildman–Crippen LogP) is 3.72. The number of nitrogens with zero attached hydrogens (tertiary/aromatic N) is 3. The van der Waals surface area contributed by atoms with Crippen LogP contribution < -0.4 is 5.32 Å². The smallest absolute Gasteiger partial charge is 0.216 e. The molecule has 102 valence electrons. The van der Waals surface area contributed by atoms with E-state index in [4.69, 9.17) is 16.0 Å². The summed E-state index contributed by atoms with van der Waals surface area (Å²) in [5.74, 6) is 2.36. The lowest BCUT2D eigenvalue weighted by Gasteiger charge is -2.17. The molecule has 0 aromatic carbocycles. The topological polar surface area (TPSA) is 63.8 Å². The Bertz CT molecular complexity index is 568. The summed E-state index contributed by atoms with van der Waals surface area (Å²) in [6.45, 7) is 7.93. The first-order valence-electron chi connectivity index (χ1n) is 6.18. The van der Waals surface area contributed by atoms with Crippen LogP contribution in [0.3, 0.4) is 0 Å². The van der Waals surface area contributed by atoms with E-state index in [1.807, 2.05) is 13.8 Å². The van der Waals surface area contributed by atoms with E-state index < -0.39 is 0 Å². The Morgan fingerprint density at radius 2 is 1.95 bits per heavy atom. The van der Waals surface area contributed by atoms with Crippen LogP contribution in [-0.4, -0.2) is 15.0 Å². The van der Waals surface area contributed by atoms with Gasteiger partial charge >= 0.3 is 0 Å². The highest BCUT2D eigenvalue weighted by atomic mass is 35.5. The van der Waals surface area contributed by atoms with E-state index in [0.29, 0.717) is 11.0 Å². The molecule has 0 bridgehead atoms. The van der Waals surface area contributed by atoms with Gasteiger partial charge < -0.3 is 9.73 Å². The van der Waals surface area contributed by atoms with E-state index in [1.54, 1.807) is 6.20 Å². The quantitative estimate of drug-likeness (QED) is 0.865. The minimum Gasteiger partial charge on any atom is -0.444 e. The molecular formula is C13H17ClN4O. The first-order chi connectivity index (χ1) is 8.99. The maximum absolute atomic E-state index is 6.13. The Labute approximate surface area is 117 Å². The molecule has 0 aliphatic rings. The number of aromatic nitrogens is 3. The summed E-state index contributed by atoms with van der Waals surface area (Å²) >= 11 is 6.13. The van der Waals surface area contributed by atoms with Crippen molar-refractivity contribution in [1.82, 2.24) is 15.0 Å². The van der Waals surface area contributed by atoms with Gasteiger partial charge in [-0.05, 0) is 19.8 Å². The third-order valence-corrected chi connectivity index (χ3v) is 3.08. The van der Waals surface area contributed by atoms with Crippen molar-refractivity contribution in [3.8, 4) is 0 Å². The van der Waals surface area contributed by atoms with Crippen molar-refractivity contribution in [2.24, 2.45) is 0 Å². The van der Waals surface area contributed by atoms with Crippen LogP contribution in [0.5, 0.6) is 0 Å². The van der Waals surface area contributed by atoms with E-state index in [2.05, 4.69) is 34.1 Å². The van der Waals surface area contributed by atoms with Gasteiger partial charge in [-0.2, -0.15) is 0 Å². The number of rotatable bonds is 4. The van der Waals surface area contributed by atoms with Crippen LogP contribution in [0, 0.1) is 6.92 Å². The van der Waals surface area contributed by atoms with Crippen molar-refractivity contribution in [2.45, 2.75) is 39.7 Å². The van der Waals surface area contributed by atoms with Gasteiger partial charge in [-0.25, -0.2) is 15.0 Å². The van der Waals surface area contributed by atoms with E-state index in [9.17, 15) is 0 Å². The first-order valence-corrected chi connectivity index (χ1v) is 6.56. The minimum atomic E-state index is -0.0860. The lowest BCUT2D eigenvalue weighted by molar-refractivity contribution is 0.453. The second-order valence-electron chi connectivity index (χ2n) is 4.76. The number of halogens is 1. The second kappa shape index (κ2) is 5.57. The highest BCUT2D eigenvalue weighted by molar-refractivity contribution is 6.30. The van der Waals surface area contributed by atoms with Crippen LogP contribution in [0.1, 0.15) is 49.9 Å². The molecule has 0 radical (unpaired) electrons. The Morgan fingerprint density at radius 3 is 2.53 bits per heavy atom. The van der Waals surface area contributed by atoms with Gasteiger partial charge in [0.05, 0.1) is 6.20 Å². The van der Waals surface area contributed by atoms with Crippen LogP contribution in [0.25, 0.3) is 0 Å². The summed E-state index contributed by atoms with van der Waals surface area (Å²) in [5.41, 5.74) is 0.902. The van der Waals surface area contributed by atoms with Gasteiger partial charge in [0.25, 0.3) is 0 Å². The summed E-state index contributed by atoms with van der Waals surface area (Å²) in [4.78, 5) is 12.5. The molecule has 0 saturated heterocycles. The minimum absolute atomic E-state index is 0.0860. The van der Waals surface area contributed by atoms with Gasteiger partial charge in [0.2, 0.25) is 5.89 Å². The van der Waals surface area contributed by atoms with E-state index >= 15 is 0 Å². The van der Waals surface area contributed by atoms with Gasteiger partial charge in [0, 0.05) is 5.56 Å². The maximum atomic E-state index is 6.13. The van der Waals surface area contributed by atoms with Gasteiger partial charge in [-0.15, -0.1) is 0 Å². The van der Waals surface area contributed by atoms with Crippen molar-refractivity contribution >= 4 is 17.4 Å². The number of hydrogen-bond acceptors (Lipinski definition) is 5. The molecule has 6 heteroatoms. The predicted molar refractivity (Wildman–Crippen MR) is 74.4 cm³/mol. The van der Waals surface area contributed by atoms with E-state index in [1.165, 1.54) is 6.33 Å². The molecule has 2 aromatic heterocycles. The summed E-state index contributed by atoms with van der Waals surface area (Å²) in [6.07, 6.45) is 3.15. The molecule has 1 atom stereocenters. The molecule has 0 aliphatic carbocycles. The number of hydrogen-bond donors (Lipinski definition) is 1. The van der Waals surface area contributed by atoms with E-state index in [-0.39, 0.29) is 12.0 Å². The number of anilines is 1. The average Bonchev–Trinajstić information content (AvgIpc) is 2.75. The summed E-state index contributed by atoms with van der Waals surface area (Å²) in [7, 11) is 0. The van der Waals surface area contributed by atoms with Crippen LogP contribution in [0.4, 0.5) is 5.82 Å². The lowest BCUT2D eigenvalue weighted by Crippen LogP contribution is -2.11. The SMILES string of the molecule is Cc1cnc(C(C)Nc2ncnc(Cl)c2C(C)C)o1. The van der Waals surface area contributed by atoms with E-state index in [0.717, 1.165) is 17.1 Å². The lowest BCUT2D eigenvalue weighted by atomic mass is 10.1. The van der Waals surface area contributed by atoms with Crippen LogP contribution in [0.15, 0.2) is 16.9 Å². The van der Waals surface area contributed by atoms with Gasteiger partial charge in [0.15, 0.2) is 0 Å². The molecule has 2 aromatic rings. The Morgan fingerprint density at radius 1 is 1.21 bits per heavy atom. The zero-order valence-corrected chi connectivity index (χ0v) is 12.2. The standard InChI is InChI=1S/C13H17ClN4O/c1-7(2)10-11(14)16-6-17-12(10)18-9(4)13-15-5-8(3)19-13/h5-7,9H,1-4H3,(H,16,17,18). The highest BCUT2D eigenvalue weighted by Crippen LogP contribution is 2.30. The summed E-state index contributed by atoms with van der Waals surface area (Å²) in [5, 5.41) is 3.75. The molecule has 0 aliphatic heterocycles. The molecule has 0 amide bonds. The monoisotopic (exact) mass is 280 g/mol. The highest BCUT2D eigenvalue weighted by Gasteiger charge is 2.18. The fourth-order valence-corrected chi connectivity index (χ4v) is 2.19. The van der Waals surface area contributed by atoms with Crippen molar-refractivity contribution < 1.29 is 4.42 Å².